The minimum absolute atomic E-state index is 0.00753. The van der Waals surface area contributed by atoms with Gasteiger partial charge in [-0.25, -0.2) is 0 Å². The Labute approximate surface area is 152 Å². The van der Waals surface area contributed by atoms with Gasteiger partial charge in [0.1, 0.15) is 5.69 Å². The van der Waals surface area contributed by atoms with Crippen molar-refractivity contribution < 1.29 is 14.6 Å². The Morgan fingerprint density at radius 1 is 1.50 bits per heavy atom. The van der Waals surface area contributed by atoms with E-state index in [4.69, 9.17) is 15.1 Å². The molecule has 1 amide bonds. The summed E-state index contributed by atoms with van der Waals surface area (Å²) in [6.45, 7) is 4.83. The van der Waals surface area contributed by atoms with Gasteiger partial charge in [0.2, 0.25) is 0 Å². The number of amides is 1. The zero-order chi connectivity index (χ0) is 18.7. The van der Waals surface area contributed by atoms with Crippen LogP contribution in [0.5, 0.6) is 0 Å². The molecule has 2 aromatic rings. The van der Waals surface area contributed by atoms with Gasteiger partial charge in [-0.05, 0) is 32.4 Å². The maximum Gasteiger partial charge on any atom is 0.269 e. The van der Waals surface area contributed by atoms with Gasteiger partial charge in [0.25, 0.3) is 5.91 Å². The van der Waals surface area contributed by atoms with Gasteiger partial charge in [0.15, 0.2) is 0 Å². The largest absolute Gasteiger partial charge is 0.392 e. The SMILES string of the molecule is Cc1c(-c2ccc(C#N)cc2)nn(C2CCOC2)c1C(=O)NC[C@H](C)O. The molecule has 7 heteroatoms. The van der Waals surface area contributed by atoms with E-state index in [9.17, 15) is 9.90 Å². The molecule has 2 heterocycles. The summed E-state index contributed by atoms with van der Waals surface area (Å²) in [5.74, 6) is -0.261. The third kappa shape index (κ3) is 3.62. The van der Waals surface area contributed by atoms with Crippen LogP contribution in [0.15, 0.2) is 24.3 Å². The van der Waals surface area contributed by atoms with Crippen molar-refractivity contribution >= 4 is 5.91 Å². The highest BCUT2D eigenvalue weighted by molar-refractivity contribution is 5.95. The molecule has 136 valence electrons. The smallest absolute Gasteiger partial charge is 0.269 e. The standard InChI is InChI=1S/C19H22N4O3/c1-12(24)10-21-19(25)18-13(2)17(15-5-3-14(9-20)4-6-15)22-23(18)16-7-8-26-11-16/h3-6,12,16,24H,7-8,10-11H2,1-2H3,(H,21,25)/t12-,16?/m0/s1. The molecule has 1 aliphatic rings. The van der Waals surface area contributed by atoms with Crippen molar-refractivity contribution in [2.75, 3.05) is 19.8 Å². The number of benzene rings is 1. The molecule has 0 radical (unpaired) electrons. The van der Waals surface area contributed by atoms with E-state index in [0.717, 1.165) is 17.5 Å². The summed E-state index contributed by atoms with van der Waals surface area (Å²) in [5.41, 5.74) is 3.39. The molecule has 7 nitrogen and oxygen atoms in total. The van der Waals surface area contributed by atoms with Crippen molar-refractivity contribution in [3.8, 4) is 17.3 Å². The number of aliphatic hydroxyl groups is 1. The van der Waals surface area contributed by atoms with E-state index < -0.39 is 6.10 Å². The maximum atomic E-state index is 12.7. The van der Waals surface area contributed by atoms with Crippen LogP contribution in [0.25, 0.3) is 11.3 Å². The summed E-state index contributed by atoms with van der Waals surface area (Å²) >= 11 is 0. The Hall–Kier alpha value is -2.69. The first-order valence-corrected chi connectivity index (χ1v) is 8.65. The summed E-state index contributed by atoms with van der Waals surface area (Å²) in [7, 11) is 0. The van der Waals surface area contributed by atoms with Crippen LogP contribution < -0.4 is 5.32 Å². The molecular formula is C19H22N4O3. The molecular weight excluding hydrogens is 332 g/mol. The van der Waals surface area contributed by atoms with Gasteiger partial charge < -0.3 is 15.2 Å². The van der Waals surface area contributed by atoms with Gasteiger partial charge in [-0.1, -0.05) is 12.1 Å². The van der Waals surface area contributed by atoms with Crippen LogP contribution in [0.4, 0.5) is 0 Å². The predicted molar refractivity (Wildman–Crippen MR) is 95.6 cm³/mol. The fourth-order valence-electron chi connectivity index (χ4n) is 3.07. The number of aromatic nitrogens is 2. The van der Waals surface area contributed by atoms with Crippen molar-refractivity contribution in [3.63, 3.8) is 0 Å². The van der Waals surface area contributed by atoms with E-state index >= 15 is 0 Å². The average molecular weight is 354 g/mol. The van der Waals surface area contributed by atoms with E-state index in [2.05, 4.69) is 11.4 Å². The van der Waals surface area contributed by atoms with Crippen LogP contribution in [0.1, 0.15) is 41.0 Å². The molecule has 2 N–H and O–H groups in total. The van der Waals surface area contributed by atoms with E-state index in [0.29, 0.717) is 30.2 Å². The lowest BCUT2D eigenvalue weighted by Gasteiger charge is -2.14. The third-order valence-corrected chi connectivity index (χ3v) is 4.46. The van der Waals surface area contributed by atoms with Gasteiger partial charge >= 0.3 is 0 Å². The molecule has 0 spiro atoms. The Balaban J connectivity index is 2.01. The summed E-state index contributed by atoms with van der Waals surface area (Å²) in [5, 5.41) is 25.9. The van der Waals surface area contributed by atoms with Crippen LogP contribution >= 0.6 is 0 Å². The monoisotopic (exact) mass is 354 g/mol. The minimum Gasteiger partial charge on any atom is -0.392 e. The third-order valence-electron chi connectivity index (χ3n) is 4.46. The molecule has 1 unspecified atom stereocenters. The Bertz CT molecular complexity index is 828. The lowest BCUT2D eigenvalue weighted by Crippen LogP contribution is -2.33. The average Bonchev–Trinajstić information content (AvgIpc) is 3.27. The number of carbonyl (C=O) groups excluding carboxylic acids is 1. The lowest BCUT2D eigenvalue weighted by molar-refractivity contribution is 0.0908. The molecule has 1 saturated heterocycles. The van der Waals surface area contributed by atoms with E-state index in [1.54, 1.807) is 23.7 Å². The molecule has 1 aromatic carbocycles. The van der Waals surface area contributed by atoms with E-state index in [1.165, 1.54) is 0 Å². The second-order valence-corrected chi connectivity index (χ2v) is 6.53. The van der Waals surface area contributed by atoms with Crippen LogP contribution in [0, 0.1) is 18.3 Å². The molecule has 1 fully saturated rings. The van der Waals surface area contributed by atoms with E-state index in [-0.39, 0.29) is 18.5 Å². The molecule has 0 aliphatic carbocycles. The lowest BCUT2D eigenvalue weighted by atomic mass is 10.0. The number of nitrogens with zero attached hydrogens (tertiary/aromatic N) is 3. The van der Waals surface area contributed by atoms with Crippen LogP contribution in [0.2, 0.25) is 0 Å². The number of aliphatic hydroxyl groups excluding tert-OH is 1. The first-order chi connectivity index (χ1) is 12.5. The summed E-state index contributed by atoms with van der Waals surface area (Å²) in [6, 6.07) is 9.24. The van der Waals surface area contributed by atoms with Crippen molar-refractivity contribution in [3.05, 3.63) is 41.1 Å². The number of ether oxygens (including phenoxy) is 1. The summed E-state index contributed by atoms with van der Waals surface area (Å²) < 4.78 is 7.20. The Morgan fingerprint density at radius 3 is 2.81 bits per heavy atom. The Morgan fingerprint density at radius 2 is 2.23 bits per heavy atom. The topological polar surface area (TPSA) is 100 Å². The fourth-order valence-corrected chi connectivity index (χ4v) is 3.07. The second kappa shape index (κ2) is 7.68. The van der Waals surface area contributed by atoms with Crippen molar-refractivity contribution in [2.45, 2.75) is 32.4 Å². The van der Waals surface area contributed by atoms with Gasteiger partial charge in [0, 0.05) is 24.3 Å². The zero-order valence-corrected chi connectivity index (χ0v) is 14.9. The number of rotatable bonds is 5. The van der Waals surface area contributed by atoms with Crippen LogP contribution in [-0.2, 0) is 4.74 Å². The minimum atomic E-state index is -0.622. The number of nitrogens with one attached hydrogen (secondary N) is 1. The van der Waals surface area contributed by atoms with Crippen molar-refractivity contribution in [1.82, 2.24) is 15.1 Å². The molecule has 1 aromatic heterocycles. The number of hydrogen-bond donors (Lipinski definition) is 2. The summed E-state index contributed by atoms with van der Waals surface area (Å²) in [4.78, 5) is 12.7. The van der Waals surface area contributed by atoms with E-state index in [1.807, 2.05) is 19.1 Å². The van der Waals surface area contributed by atoms with Gasteiger partial charge in [-0.15, -0.1) is 0 Å². The van der Waals surface area contributed by atoms with Gasteiger partial charge in [0.05, 0.1) is 36.1 Å². The highest BCUT2D eigenvalue weighted by atomic mass is 16.5. The van der Waals surface area contributed by atoms with Gasteiger partial charge in [-0.2, -0.15) is 10.4 Å². The fraction of sp³-hybridized carbons (Fsp3) is 0.421. The maximum absolute atomic E-state index is 12.7. The first kappa shape index (κ1) is 18.1. The van der Waals surface area contributed by atoms with Crippen LogP contribution in [-0.4, -0.2) is 46.7 Å². The molecule has 26 heavy (non-hydrogen) atoms. The molecule has 0 bridgehead atoms. The zero-order valence-electron chi connectivity index (χ0n) is 14.9. The number of nitriles is 1. The summed E-state index contributed by atoms with van der Waals surface area (Å²) in [6.07, 6.45) is 0.174. The highest BCUT2D eigenvalue weighted by Gasteiger charge is 2.28. The molecule has 2 atom stereocenters. The molecule has 3 rings (SSSR count). The quantitative estimate of drug-likeness (QED) is 0.853. The molecule has 0 saturated carbocycles. The first-order valence-electron chi connectivity index (χ1n) is 8.65. The number of carbonyl (C=O) groups is 1. The van der Waals surface area contributed by atoms with Gasteiger partial charge in [-0.3, -0.25) is 9.48 Å². The Kier molecular flexibility index (Phi) is 5.35. The highest BCUT2D eigenvalue weighted by Crippen LogP contribution is 2.29. The molecule has 1 aliphatic heterocycles. The van der Waals surface area contributed by atoms with Crippen molar-refractivity contribution in [2.24, 2.45) is 0 Å². The second-order valence-electron chi connectivity index (χ2n) is 6.53. The predicted octanol–water partition coefficient (Wildman–Crippen LogP) is 1.80. The normalized spacial score (nSPS) is 17.7. The van der Waals surface area contributed by atoms with Crippen molar-refractivity contribution in [1.29, 1.82) is 5.26 Å². The van der Waals surface area contributed by atoms with Crippen LogP contribution in [0.3, 0.4) is 0 Å². The number of hydrogen-bond acceptors (Lipinski definition) is 5.